The number of rotatable bonds is 3. The summed E-state index contributed by atoms with van der Waals surface area (Å²) in [7, 11) is 0. The van der Waals surface area contributed by atoms with Crippen molar-refractivity contribution in [3.63, 3.8) is 0 Å². The second-order valence-corrected chi connectivity index (χ2v) is 4.74. The number of nitrogens with one attached hydrogen (secondary N) is 1. The Morgan fingerprint density at radius 1 is 1.44 bits per heavy atom. The van der Waals surface area contributed by atoms with Crippen LogP contribution >= 0.6 is 0 Å². The number of hydrogen-bond acceptors (Lipinski definition) is 2. The maximum absolute atomic E-state index is 14.5. The minimum absolute atomic E-state index is 0.179. The molecule has 1 saturated heterocycles. The maximum Gasteiger partial charge on any atom is 0.134 e. The molecule has 1 aliphatic heterocycles. The summed E-state index contributed by atoms with van der Waals surface area (Å²) in [4.78, 5) is 0. The van der Waals surface area contributed by atoms with Gasteiger partial charge < -0.3 is 10.4 Å². The van der Waals surface area contributed by atoms with Crippen molar-refractivity contribution in [3.8, 4) is 5.75 Å². The van der Waals surface area contributed by atoms with Gasteiger partial charge in [0, 0.05) is 12.5 Å². The molecule has 16 heavy (non-hydrogen) atoms. The molecule has 2 N–H and O–H groups in total. The first-order valence-corrected chi connectivity index (χ1v) is 5.80. The first-order valence-electron chi connectivity index (χ1n) is 5.80. The van der Waals surface area contributed by atoms with Crippen LogP contribution in [0.3, 0.4) is 0 Å². The largest absolute Gasteiger partial charge is 0.508 e. The van der Waals surface area contributed by atoms with Gasteiger partial charge in [-0.2, -0.15) is 0 Å². The Kier molecular flexibility index (Phi) is 3.15. The monoisotopic (exact) mass is 223 g/mol. The Labute approximate surface area is 95.5 Å². The second kappa shape index (κ2) is 4.42. The minimum atomic E-state index is -1.32. The van der Waals surface area contributed by atoms with Crippen LogP contribution in [0.5, 0.6) is 5.75 Å². The predicted octanol–water partition coefficient (Wildman–Crippen LogP) is 2.72. The van der Waals surface area contributed by atoms with E-state index in [1.807, 2.05) is 0 Å². The number of phenols is 1. The Morgan fingerprint density at radius 2 is 2.12 bits per heavy atom. The molecule has 88 valence electrons. The average molecular weight is 223 g/mol. The van der Waals surface area contributed by atoms with Crippen LogP contribution in [-0.4, -0.2) is 17.7 Å². The van der Waals surface area contributed by atoms with Crippen molar-refractivity contribution >= 4 is 0 Å². The van der Waals surface area contributed by atoms with E-state index in [0.717, 1.165) is 19.4 Å². The first kappa shape index (κ1) is 11.4. The van der Waals surface area contributed by atoms with Crippen LogP contribution < -0.4 is 5.32 Å². The smallest absolute Gasteiger partial charge is 0.134 e. The summed E-state index contributed by atoms with van der Waals surface area (Å²) in [5.41, 5.74) is -0.686. The van der Waals surface area contributed by atoms with Crippen LogP contribution in [0.4, 0.5) is 4.39 Å². The lowest BCUT2D eigenvalue weighted by molar-refractivity contribution is 0.159. The third-order valence-electron chi connectivity index (χ3n) is 3.26. The van der Waals surface area contributed by atoms with Crippen LogP contribution in [0.25, 0.3) is 0 Å². The van der Waals surface area contributed by atoms with E-state index in [-0.39, 0.29) is 11.8 Å². The Hall–Kier alpha value is -1.09. The fraction of sp³-hybridized carbons (Fsp3) is 0.538. The minimum Gasteiger partial charge on any atom is -0.508 e. The summed E-state index contributed by atoms with van der Waals surface area (Å²) in [5.74, 6) is 0.179. The Balaban J connectivity index is 2.07. The number of benzene rings is 1. The standard InChI is InChI=1S/C13H18FNO/c1-13(14,9-11-3-2-8-15-11)10-4-6-12(16)7-5-10/h4-7,11,15-16H,2-3,8-9H2,1H3. The summed E-state index contributed by atoms with van der Waals surface area (Å²) < 4.78 is 14.5. The van der Waals surface area contributed by atoms with Crippen molar-refractivity contribution < 1.29 is 9.50 Å². The van der Waals surface area contributed by atoms with Crippen LogP contribution in [0.15, 0.2) is 24.3 Å². The molecule has 0 radical (unpaired) electrons. The summed E-state index contributed by atoms with van der Waals surface area (Å²) in [6.07, 6.45) is 2.69. The Bertz CT molecular complexity index is 341. The fourth-order valence-electron chi connectivity index (χ4n) is 2.32. The van der Waals surface area contributed by atoms with E-state index in [2.05, 4.69) is 5.32 Å². The van der Waals surface area contributed by atoms with E-state index in [4.69, 9.17) is 0 Å². The van der Waals surface area contributed by atoms with E-state index in [0.29, 0.717) is 12.0 Å². The molecule has 3 heteroatoms. The van der Waals surface area contributed by atoms with Crippen molar-refractivity contribution in [1.29, 1.82) is 0 Å². The fourth-order valence-corrected chi connectivity index (χ4v) is 2.32. The normalized spacial score (nSPS) is 24.2. The molecule has 0 saturated carbocycles. The van der Waals surface area contributed by atoms with Gasteiger partial charge in [0.1, 0.15) is 11.4 Å². The zero-order chi connectivity index (χ0) is 11.6. The summed E-state index contributed by atoms with van der Waals surface area (Å²) in [6, 6.07) is 6.67. The third-order valence-corrected chi connectivity index (χ3v) is 3.26. The maximum atomic E-state index is 14.5. The van der Waals surface area contributed by atoms with Crippen molar-refractivity contribution in [2.24, 2.45) is 0 Å². The molecule has 2 atom stereocenters. The zero-order valence-corrected chi connectivity index (χ0v) is 9.54. The quantitative estimate of drug-likeness (QED) is 0.825. The van der Waals surface area contributed by atoms with E-state index in [1.165, 1.54) is 12.1 Å². The van der Waals surface area contributed by atoms with Gasteiger partial charge in [-0.05, 0) is 44.0 Å². The molecular weight excluding hydrogens is 205 g/mol. The second-order valence-electron chi connectivity index (χ2n) is 4.74. The molecule has 0 aliphatic carbocycles. The number of alkyl halides is 1. The molecule has 2 rings (SSSR count). The molecule has 1 aromatic rings. The third kappa shape index (κ3) is 2.53. The highest BCUT2D eigenvalue weighted by Gasteiger charge is 2.30. The van der Waals surface area contributed by atoms with Gasteiger partial charge in [-0.25, -0.2) is 4.39 Å². The highest BCUT2D eigenvalue weighted by molar-refractivity contribution is 5.29. The highest BCUT2D eigenvalue weighted by Crippen LogP contribution is 2.33. The van der Waals surface area contributed by atoms with Gasteiger partial charge in [0.2, 0.25) is 0 Å². The molecule has 2 unspecified atom stereocenters. The number of phenolic OH excluding ortho intramolecular Hbond substituents is 1. The van der Waals surface area contributed by atoms with E-state index in [1.54, 1.807) is 19.1 Å². The van der Waals surface area contributed by atoms with Gasteiger partial charge in [0.05, 0.1) is 0 Å². The number of hydrogen-bond donors (Lipinski definition) is 2. The lowest BCUT2D eigenvalue weighted by atomic mass is 9.90. The molecule has 2 nitrogen and oxygen atoms in total. The molecule has 0 amide bonds. The number of halogens is 1. The van der Waals surface area contributed by atoms with Gasteiger partial charge in [0.25, 0.3) is 0 Å². The number of aromatic hydroxyl groups is 1. The SMILES string of the molecule is CC(F)(CC1CCCN1)c1ccc(O)cc1. The first-order chi connectivity index (χ1) is 7.58. The lowest BCUT2D eigenvalue weighted by Crippen LogP contribution is -2.29. The Morgan fingerprint density at radius 3 is 2.69 bits per heavy atom. The molecule has 1 aromatic carbocycles. The molecule has 0 aromatic heterocycles. The molecule has 1 aliphatic rings. The van der Waals surface area contributed by atoms with Crippen molar-refractivity contribution in [2.45, 2.75) is 37.9 Å². The van der Waals surface area contributed by atoms with Crippen LogP contribution in [0.2, 0.25) is 0 Å². The van der Waals surface area contributed by atoms with Crippen LogP contribution in [-0.2, 0) is 5.67 Å². The molecule has 1 heterocycles. The van der Waals surface area contributed by atoms with E-state index >= 15 is 0 Å². The molecular formula is C13H18FNO. The van der Waals surface area contributed by atoms with Crippen molar-refractivity contribution in [3.05, 3.63) is 29.8 Å². The van der Waals surface area contributed by atoms with Gasteiger partial charge in [0.15, 0.2) is 0 Å². The van der Waals surface area contributed by atoms with E-state index < -0.39 is 5.67 Å². The topological polar surface area (TPSA) is 32.3 Å². The lowest BCUT2D eigenvalue weighted by Gasteiger charge is -2.24. The predicted molar refractivity (Wildman–Crippen MR) is 62.2 cm³/mol. The van der Waals surface area contributed by atoms with Gasteiger partial charge >= 0.3 is 0 Å². The average Bonchev–Trinajstić information content (AvgIpc) is 2.70. The molecule has 0 bridgehead atoms. The zero-order valence-electron chi connectivity index (χ0n) is 9.54. The van der Waals surface area contributed by atoms with Crippen molar-refractivity contribution in [1.82, 2.24) is 5.32 Å². The highest BCUT2D eigenvalue weighted by atomic mass is 19.1. The van der Waals surface area contributed by atoms with Crippen LogP contribution in [0, 0.1) is 0 Å². The van der Waals surface area contributed by atoms with Gasteiger partial charge in [-0.3, -0.25) is 0 Å². The molecule has 0 spiro atoms. The van der Waals surface area contributed by atoms with Crippen molar-refractivity contribution in [2.75, 3.05) is 6.54 Å². The van der Waals surface area contributed by atoms with Gasteiger partial charge in [-0.15, -0.1) is 0 Å². The van der Waals surface area contributed by atoms with E-state index in [9.17, 15) is 9.50 Å². The molecule has 1 fully saturated rings. The summed E-state index contributed by atoms with van der Waals surface area (Å²) >= 11 is 0. The summed E-state index contributed by atoms with van der Waals surface area (Å²) in [5, 5.41) is 12.5. The summed E-state index contributed by atoms with van der Waals surface area (Å²) in [6.45, 7) is 2.61. The van der Waals surface area contributed by atoms with Gasteiger partial charge in [-0.1, -0.05) is 12.1 Å². The van der Waals surface area contributed by atoms with Crippen LogP contribution in [0.1, 0.15) is 31.7 Å².